The molecule has 0 amide bonds. The van der Waals surface area contributed by atoms with Crippen LogP contribution >= 0.6 is 0 Å². The predicted octanol–water partition coefficient (Wildman–Crippen LogP) is 2.79. The Balaban J connectivity index is 1.71. The molecule has 1 saturated heterocycles. The Labute approximate surface area is 135 Å². The lowest BCUT2D eigenvalue weighted by Gasteiger charge is -2.13. The van der Waals surface area contributed by atoms with Crippen LogP contribution < -0.4 is 10.6 Å². The summed E-state index contributed by atoms with van der Waals surface area (Å²) in [6, 6.07) is 8.69. The van der Waals surface area contributed by atoms with Crippen LogP contribution in [-0.2, 0) is 0 Å². The van der Waals surface area contributed by atoms with Gasteiger partial charge in [0, 0.05) is 18.8 Å². The quantitative estimate of drug-likeness (QED) is 0.781. The minimum absolute atomic E-state index is 0.463. The molecule has 0 saturated carbocycles. The molecule has 0 radical (unpaired) electrons. The van der Waals surface area contributed by atoms with E-state index in [1.807, 2.05) is 24.4 Å². The monoisotopic (exact) mass is 307 g/mol. The second-order valence-corrected chi connectivity index (χ2v) is 6.25. The summed E-state index contributed by atoms with van der Waals surface area (Å²) in [5, 5.41) is 6.87. The summed E-state index contributed by atoms with van der Waals surface area (Å²) < 4.78 is 2.12. The average molecular weight is 307 g/mol. The Morgan fingerprint density at radius 2 is 2.17 bits per heavy atom. The summed E-state index contributed by atoms with van der Waals surface area (Å²) in [6.07, 6.45) is 5.17. The zero-order chi connectivity index (χ0) is 15.8. The largest absolute Gasteiger partial charge is 0.366 e. The normalized spacial score (nSPS) is 17.7. The van der Waals surface area contributed by atoms with Crippen LogP contribution in [0.1, 0.15) is 17.5 Å². The third kappa shape index (κ3) is 2.68. The van der Waals surface area contributed by atoms with Crippen molar-refractivity contribution in [2.45, 2.75) is 26.3 Å². The fourth-order valence-electron chi connectivity index (χ4n) is 3.05. The third-order valence-electron chi connectivity index (χ3n) is 4.54. The second-order valence-electron chi connectivity index (χ2n) is 6.25. The molecule has 1 aliphatic rings. The van der Waals surface area contributed by atoms with Crippen LogP contribution in [-0.4, -0.2) is 33.5 Å². The molecule has 1 fully saturated rings. The molecule has 4 rings (SSSR count). The highest BCUT2D eigenvalue weighted by Gasteiger charge is 2.15. The number of hydrogen-bond donors (Lipinski definition) is 2. The van der Waals surface area contributed by atoms with E-state index in [1.54, 1.807) is 0 Å². The van der Waals surface area contributed by atoms with Crippen molar-refractivity contribution in [3.8, 4) is 11.4 Å². The number of nitrogens with zero attached hydrogens (tertiary/aromatic N) is 3. The Bertz CT molecular complexity index is 846. The number of fused-ring (bicyclic) bond motifs is 1. The Morgan fingerprint density at radius 1 is 1.26 bits per heavy atom. The Hall–Kier alpha value is -2.40. The van der Waals surface area contributed by atoms with Crippen LogP contribution in [0.4, 0.5) is 5.82 Å². The third-order valence-corrected chi connectivity index (χ3v) is 4.54. The molecule has 5 heteroatoms. The van der Waals surface area contributed by atoms with Gasteiger partial charge in [0.05, 0.1) is 17.6 Å². The maximum Gasteiger partial charge on any atom is 0.137 e. The van der Waals surface area contributed by atoms with Crippen LogP contribution in [0, 0.1) is 13.8 Å². The SMILES string of the molecule is Cc1cc2ncc(-c3cccc(NC4CCNC4)n3)n2cc1C. The molecule has 2 N–H and O–H groups in total. The maximum atomic E-state index is 4.78. The molecule has 23 heavy (non-hydrogen) atoms. The van der Waals surface area contributed by atoms with Crippen LogP contribution in [0.2, 0.25) is 0 Å². The molecule has 0 bridgehead atoms. The van der Waals surface area contributed by atoms with Gasteiger partial charge < -0.3 is 10.6 Å². The molecule has 0 aromatic carbocycles. The molecular formula is C18H21N5. The van der Waals surface area contributed by atoms with E-state index in [2.05, 4.69) is 46.1 Å². The highest BCUT2D eigenvalue weighted by atomic mass is 15.1. The number of pyridine rings is 2. The van der Waals surface area contributed by atoms with Gasteiger partial charge in [-0.15, -0.1) is 0 Å². The van der Waals surface area contributed by atoms with Crippen LogP contribution in [0.5, 0.6) is 0 Å². The molecule has 0 spiro atoms. The maximum absolute atomic E-state index is 4.78. The van der Waals surface area contributed by atoms with Gasteiger partial charge in [-0.05, 0) is 56.1 Å². The Morgan fingerprint density at radius 3 is 3.00 bits per heavy atom. The summed E-state index contributed by atoms with van der Waals surface area (Å²) in [6.45, 7) is 6.31. The number of anilines is 1. The van der Waals surface area contributed by atoms with E-state index in [4.69, 9.17) is 4.98 Å². The lowest BCUT2D eigenvalue weighted by Crippen LogP contribution is -2.22. The number of nitrogens with one attached hydrogen (secondary N) is 2. The molecule has 1 unspecified atom stereocenters. The van der Waals surface area contributed by atoms with Crippen molar-refractivity contribution in [1.82, 2.24) is 19.7 Å². The fraction of sp³-hybridized carbons (Fsp3) is 0.333. The lowest BCUT2D eigenvalue weighted by molar-refractivity contribution is 0.788. The smallest absolute Gasteiger partial charge is 0.137 e. The second kappa shape index (κ2) is 5.66. The van der Waals surface area contributed by atoms with Crippen molar-refractivity contribution in [3.05, 3.63) is 47.8 Å². The minimum Gasteiger partial charge on any atom is -0.366 e. The standard InChI is InChI=1S/C18H21N5/c1-12-8-18-20-10-16(23(18)11-13(12)2)15-4-3-5-17(22-15)21-14-6-7-19-9-14/h3-5,8,10-11,14,19H,6-7,9H2,1-2H3,(H,21,22). The lowest BCUT2D eigenvalue weighted by atomic mass is 10.2. The first-order chi connectivity index (χ1) is 11.2. The first-order valence-electron chi connectivity index (χ1n) is 8.10. The highest BCUT2D eigenvalue weighted by Crippen LogP contribution is 2.22. The van der Waals surface area contributed by atoms with E-state index in [0.29, 0.717) is 6.04 Å². The molecule has 0 aliphatic carbocycles. The van der Waals surface area contributed by atoms with Gasteiger partial charge in [0.2, 0.25) is 0 Å². The van der Waals surface area contributed by atoms with Crippen LogP contribution in [0.15, 0.2) is 36.7 Å². The topological polar surface area (TPSA) is 54.2 Å². The first-order valence-corrected chi connectivity index (χ1v) is 8.10. The number of hydrogen-bond acceptors (Lipinski definition) is 4. The van der Waals surface area contributed by atoms with Gasteiger partial charge in [-0.1, -0.05) is 6.07 Å². The van der Waals surface area contributed by atoms with Crippen molar-refractivity contribution >= 4 is 11.5 Å². The number of aryl methyl sites for hydroxylation is 2. The predicted molar refractivity (Wildman–Crippen MR) is 92.8 cm³/mol. The van der Waals surface area contributed by atoms with E-state index in [9.17, 15) is 0 Å². The van der Waals surface area contributed by atoms with Crippen molar-refractivity contribution in [2.75, 3.05) is 18.4 Å². The molecule has 118 valence electrons. The summed E-state index contributed by atoms with van der Waals surface area (Å²) in [4.78, 5) is 9.30. The van der Waals surface area contributed by atoms with Gasteiger partial charge in [-0.2, -0.15) is 0 Å². The van der Waals surface area contributed by atoms with Crippen LogP contribution in [0.3, 0.4) is 0 Å². The van der Waals surface area contributed by atoms with E-state index in [0.717, 1.165) is 42.4 Å². The van der Waals surface area contributed by atoms with Crippen LogP contribution in [0.25, 0.3) is 17.0 Å². The highest BCUT2D eigenvalue weighted by molar-refractivity contribution is 5.62. The van der Waals surface area contributed by atoms with Crippen molar-refractivity contribution in [1.29, 1.82) is 0 Å². The first kappa shape index (κ1) is 14.2. The number of rotatable bonds is 3. The van der Waals surface area contributed by atoms with Gasteiger partial charge in [0.15, 0.2) is 0 Å². The van der Waals surface area contributed by atoms with E-state index in [-0.39, 0.29) is 0 Å². The van der Waals surface area contributed by atoms with Gasteiger partial charge in [0.1, 0.15) is 11.5 Å². The zero-order valence-electron chi connectivity index (χ0n) is 13.5. The summed E-state index contributed by atoms with van der Waals surface area (Å²) in [7, 11) is 0. The molecule has 5 nitrogen and oxygen atoms in total. The van der Waals surface area contributed by atoms with Crippen molar-refractivity contribution in [3.63, 3.8) is 0 Å². The molecular weight excluding hydrogens is 286 g/mol. The summed E-state index contributed by atoms with van der Waals surface area (Å²) in [5.74, 6) is 0.926. The van der Waals surface area contributed by atoms with Gasteiger partial charge in [-0.3, -0.25) is 4.40 Å². The molecule has 4 heterocycles. The molecule has 3 aromatic rings. The van der Waals surface area contributed by atoms with Gasteiger partial charge in [-0.25, -0.2) is 9.97 Å². The van der Waals surface area contributed by atoms with Gasteiger partial charge in [0.25, 0.3) is 0 Å². The summed E-state index contributed by atoms with van der Waals surface area (Å²) in [5.41, 5.74) is 5.44. The average Bonchev–Trinajstić information content (AvgIpc) is 3.18. The molecule has 3 aromatic heterocycles. The molecule has 1 aliphatic heterocycles. The Kier molecular flexibility index (Phi) is 3.50. The number of imidazole rings is 1. The van der Waals surface area contributed by atoms with Gasteiger partial charge >= 0.3 is 0 Å². The van der Waals surface area contributed by atoms with E-state index in [1.165, 1.54) is 11.1 Å². The van der Waals surface area contributed by atoms with E-state index < -0.39 is 0 Å². The van der Waals surface area contributed by atoms with Crippen molar-refractivity contribution < 1.29 is 0 Å². The van der Waals surface area contributed by atoms with E-state index >= 15 is 0 Å². The minimum atomic E-state index is 0.463. The molecule has 1 atom stereocenters. The zero-order valence-corrected chi connectivity index (χ0v) is 13.5. The number of aromatic nitrogens is 3. The van der Waals surface area contributed by atoms with Crippen molar-refractivity contribution in [2.24, 2.45) is 0 Å². The summed E-state index contributed by atoms with van der Waals surface area (Å²) >= 11 is 0. The fourth-order valence-corrected chi connectivity index (χ4v) is 3.05.